The van der Waals surface area contributed by atoms with Gasteiger partial charge in [0.1, 0.15) is 0 Å². The van der Waals surface area contributed by atoms with E-state index in [1.165, 1.54) is 0 Å². The quantitative estimate of drug-likeness (QED) is 0.716. The highest BCUT2D eigenvalue weighted by molar-refractivity contribution is 7.92. The van der Waals surface area contributed by atoms with Gasteiger partial charge in [0, 0.05) is 0 Å². The van der Waals surface area contributed by atoms with Crippen molar-refractivity contribution in [2.45, 2.75) is 62.9 Å². The summed E-state index contributed by atoms with van der Waals surface area (Å²) < 4.78 is 24.6. The molecule has 0 radical (unpaired) electrons. The molecule has 0 aliphatic heterocycles. The lowest BCUT2D eigenvalue weighted by Crippen LogP contribution is -2.34. The van der Waals surface area contributed by atoms with Crippen molar-refractivity contribution in [1.82, 2.24) is 0 Å². The van der Waals surface area contributed by atoms with E-state index in [2.05, 4.69) is 6.07 Å². The Kier molecular flexibility index (Phi) is 4.79. The molecule has 1 fully saturated rings. The number of hydrogen-bond donors (Lipinski definition) is 0. The Bertz CT molecular complexity index is 356. The summed E-state index contributed by atoms with van der Waals surface area (Å²) in [7, 11) is -3.12. The van der Waals surface area contributed by atoms with Crippen molar-refractivity contribution in [2.75, 3.05) is 0 Å². The number of hydrogen-bond acceptors (Lipinski definition) is 3. The molecule has 0 spiro atoms. The van der Waals surface area contributed by atoms with Crippen LogP contribution < -0.4 is 0 Å². The standard InChI is InChI=1S/C12H21NO2S/c1-3-10(2)16(14,15)12-8-6-4-5-7-11(12)9-13/h10-12H,3-8H2,1-2H3. The zero-order valence-electron chi connectivity index (χ0n) is 10.1. The molecule has 1 rings (SSSR count). The second-order valence-corrected chi connectivity index (χ2v) is 7.31. The first-order valence-corrected chi connectivity index (χ1v) is 7.77. The predicted octanol–water partition coefficient (Wildman–Crippen LogP) is 2.67. The predicted molar refractivity (Wildman–Crippen MR) is 64.6 cm³/mol. The second kappa shape index (κ2) is 5.67. The highest BCUT2D eigenvalue weighted by Crippen LogP contribution is 2.30. The largest absolute Gasteiger partial charge is 0.228 e. The molecule has 0 saturated heterocycles. The van der Waals surface area contributed by atoms with E-state index in [9.17, 15) is 8.42 Å². The van der Waals surface area contributed by atoms with Crippen LogP contribution in [0.5, 0.6) is 0 Å². The molecule has 4 heteroatoms. The molecular weight excluding hydrogens is 222 g/mol. The van der Waals surface area contributed by atoms with Crippen LogP contribution in [0.2, 0.25) is 0 Å². The van der Waals surface area contributed by atoms with E-state index in [1.54, 1.807) is 6.92 Å². The molecule has 1 aliphatic carbocycles. The maximum absolute atomic E-state index is 12.3. The Labute approximate surface area is 98.8 Å². The van der Waals surface area contributed by atoms with Gasteiger partial charge in [-0.05, 0) is 26.2 Å². The third-order valence-corrected chi connectivity index (χ3v) is 6.54. The smallest absolute Gasteiger partial charge is 0.157 e. The fourth-order valence-corrected chi connectivity index (χ4v) is 4.56. The van der Waals surface area contributed by atoms with Crippen molar-refractivity contribution in [3.8, 4) is 6.07 Å². The SMILES string of the molecule is CCC(C)S(=O)(=O)C1CCCCCC1C#N. The van der Waals surface area contributed by atoms with E-state index in [4.69, 9.17) is 5.26 Å². The molecule has 0 aromatic rings. The van der Waals surface area contributed by atoms with Crippen molar-refractivity contribution in [2.24, 2.45) is 5.92 Å². The van der Waals surface area contributed by atoms with Crippen molar-refractivity contribution >= 4 is 9.84 Å². The topological polar surface area (TPSA) is 57.9 Å². The molecule has 1 saturated carbocycles. The van der Waals surface area contributed by atoms with Crippen molar-refractivity contribution in [1.29, 1.82) is 5.26 Å². The molecule has 0 amide bonds. The van der Waals surface area contributed by atoms with E-state index in [1.807, 2.05) is 6.92 Å². The van der Waals surface area contributed by atoms with Gasteiger partial charge in [0.05, 0.1) is 22.5 Å². The molecule has 16 heavy (non-hydrogen) atoms. The molecule has 0 aromatic heterocycles. The van der Waals surface area contributed by atoms with Crippen LogP contribution in [-0.4, -0.2) is 18.9 Å². The van der Waals surface area contributed by atoms with Crippen LogP contribution in [-0.2, 0) is 9.84 Å². The van der Waals surface area contributed by atoms with E-state index in [0.717, 1.165) is 25.7 Å². The molecule has 0 bridgehead atoms. The van der Waals surface area contributed by atoms with Gasteiger partial charge in [0.15, 0.2) is 9.84 Å². The molecule has 0 aromatic carbocycles. The first kappa shape index (κ1) is 13.5. The van der Waals surface area contributed by atoms with Gasteiger partial charge < -0.3 is 0 Å². The maximum Gasteiger partial charge on any atom is 0.157 e. The fraction of sp³-hybridized carbons (Fsp3) is 0.917. The van der Waals surface area contributed by atoms with Crippen LogP contribution in [0.3, 0.4) is 0 Å². The summed E-state index contributed by atoms with van der Waals surface area (Å²) in [4.78, 5) is 0. The first-order chi connectivity index (χ1) is 7.54. The second-order valence-electron chi connectivity index (χ2n) is 4.72. The van der Waals surface area contributed by atoms with Crippen LogP contribution in [0, 0.1) is 17.2 Å². The van der Waals surface area contributed by atoms with E-state index >= 15 is 0 Å². The lowest BCUT2D eigenvalue weighted by atomic mass is 10.0. The number of nitriles is 1. The monoisotopic (exact) mass is 243 g/mol. The molecular formula is C12H21NO2S. The van der Waals surface area contributed by atoms with Crippen LogP contribution in [0.1, 0.15) is 52.4 Å². The highest BCUT2D eigenvalue weighted by Gasteiger charge is 2.37. The normalized spacial score (nSPS) is 29.1. The lowest BCUT2D eigenvalue weighted by molar-refractivity contribution is 0.513. The Morgan fingerprint density at radius 1 is 1.31 bits per heavy atom. The van der Waals surface area contributed by atoms with Gasteiger partial charge in [-0.15, -0.1) is 0 Å². The molecule has 0 heterocycles. The minimum atomic E-state index is -3.12. The average Bonchev–Trinajstić information content (AvgIpc) is 2.52. The van der Waals surface area contributed by atoms with Gasteiger partial charge in [0.2, 0.25) is 0 Å². The molecule has 3 unspecified atom stereocenters. The van der Waals surface area contributed by atoms with Crippen LogP contribution in [0.15, 0.2) is 0 Å². The van der Waals surface area contributed by atoms with Gasteiger partial charge in [0.25, 0.3) is 0 Å². The molecule has 3 atom stereocenters. The average molecular weight is 243 g/mol. The van der Waals surface area contributed by atoms with Gasteiger partial charge in [-0.25, -0.2) is 8.42 Å². The van der Waals surface area contributed by atoms with Gasteiger partial charge in [-0.2, -0.15) is 5.26 Å². The molecule has 1 aliphatic rings. The van der Waals surface area contributed by atoms with E-state index in [-0.39, 0.29) is 11.2 Å². The molecule has 92 valence electrons. The van der Waals surface area contributed by atoms with Crippen molar-refractivity contribution < 1.29 is 8.42 Å². The van der Waals surface area contributed by atoms with E-state index in [0.29, 0.717) is 12.8 Å². The lowest BCUT2D eigenvalue weighted by Gasteiger charge is -2.23. The zero-order valence-corrected chi connectivity index (χ0v) is 11.0. The fourth-order valence-electron chi connectivity index (χ4n) is 2.35. The first-order valence-electron chi connectivity index (χ1n) is 6.16. The number of nitrogens with zero attached hydrogens (tertiary/aromatic N) is 1. The zero-order chi connectivity index (χ0) is 12.2. The third-order valence-electron chi connectivity index (χ3n) is 3.68. The number of sulfone groups is 1. The van der Waals surface area contributed by atoms with Crippen molar-refractivity contribution in [3.63, 3.8) is 0 Å². The van der Waals surface area contributed by atoms with Crippen LogP contribution in [0.25, 0.3) is 0 Å². The van der Waals surface area contributed by atoms with Crippen LogP contribution >= 0.6 is 0 Å². The van der Waals surface area contributed by atoms with Gasteiger partial charge in [-0.1, -0.05) is 26.2 Å². The van der Waals surface area contributed by atoms with Gasteiger partial charge >= 0.3 is 0 Å². The minimum Gasteiger partial charge on any atom is -0.228 e. The Hall–Kier alpha value is -0.560. The van der Waals surface area contributed by atoms with Crippen LogP contribution in [0.4, 0.5) is 0 Å². The summed E-state index contributed by atoms with van der Waals surface area (Å²) in [5.74, 6) is -0.290. The molecule has 0 N–H and O–H groups in total. The number of rotatable bonds is 3. The summed E-state index contributed by atoms with van der Waals surface area (Å²) in [6.45, 7) is 3.65. The summed E-state index contributed by atoms with van der Waals surface area (Å²) in [6.07, 6.45) is 5.05. The highest BCUT2D eigenvalue weighted by atomic mass is 32.2. The maximum atomic E-state index is 12.3. The Morgan fingerprint density at radius 3 is 2.50 bits per heavy atom. The van der Waals surface area contributed by atoms with E-state index < -0.39 is 15.1 Å². The van der Waals surface area contributed by atoms with Gasteiger partial charge in [-0.3, -0.25) is 0 Å². The summed E-state index contributed by atoms with van der Waals surface area (Å²) >= 11 is 0. The summed E-state index contributed by atoms with van der Waals surface area (Å²) in [5, 5.41) is 8.35. The Morgan fingerprint density at radius 2 is 1.94 bits per heavy atom. The summed E-state index contributed by atoms with van der Waals surface area (Å²) in [6, 6.07) is 2.20. The third kappa shape index (κ3) is 2.76. The molecule has 3 nitrogen and oxygen atoms in total. The van der Waals surface area contributed by atoms with Crippen molar-refractivity contribution in [3.05, 3.63) is 0 Å². The summed E-state index contributed by atoms with van der Waals surface area (Å²) in [5.41, 5.74) is 0. The minimum absolute atomic E-state index is 0.290. The Balaban J connectivity index is 2.94.